The Morgan fingerprint density at radius 3 is 2.41 bits per heavy atom. The Balaban J connectivity index is 1.35. The molecule has 1 heterocycles. The van der Waals surface area contributed by atoms with E-state index in [9.17, 15) is 9.59 Å². The number of carbonyl (C=O) groups is 2. The number of aryl methyl sites for hydroxylation is 1. The number of nitrogens with one attached hydrogen (secondary N) is 1. The third-order valence-electron chi connectivity index (χ3n) is 4.57. The molecule has 0 aliphatic carbocycles. The fraction of sp³-hybridized carbons (Fsp3) is 0.318. The van der Waals surface area contributed by atoms with Crippen molar-refractivity contribution in [2.45, 2.75) is 32.1 Å². The normalized spacial score (nSPS) is 13.3. The summed E-state index contributed by atoms with van der Waals surface area (Å²) in [6.45, 7) is 1.21. The largest absolute Gasteiger partial charge is 0.356 e. The first-order chi connectivity index (χ1) is 13.2. The van der Waals surface area contributed by atoms with E-state index >= 15 is 0 Å². The zero-order valence-corrected chi connectivity index (χ0v) is 15.4. The first-order valence-corrected chi connectivity index (χ1v) is 9.46. The number of hydrogen-bond donors (Lipinski definition) is 1. The molecule has 140 valence electrons. The zero-order chi connectivity index (χ0) is 18.9. The van der Waals surface area contributed by atoms with E-state index in [0.717, 1.165) is 30.5 Å². The Morgan fingerprint density at radius 1 is 0.963 bits per heavy atom. The van der Waals surface area contributed by atoms with E-state index in [1.165, 1.54) is 10.6 Å². The third kappa shape index (κ3) is 5.78. The molecule has 1 aliphatic rings. The molecule has 2 aromatic carbocycles. The van der Waals surface area contributed by atoms with Gasteiger partial charge in [0.1, 0.15) is 0 Å². The lowest BCUT2D eigenvalue weighted by molar-refractivity contribution is -0.133. The molecule has 0 bridgehead atoms. The highest BCUT2D eigenvalue weighted by Crippen LogP contribution is 2.14. The predicted molar refractivity (Wildman–Crippen MR) is 106 cm³/mol. The number of nitrogens with zero attached hydrogens (tertiary/aromatic N) is 2. The van der Waals surface area contributed by atoms with Crippen LogP contribution in [0.1, 0.15) is 36.8 Å². The van der Waals surface area contributed by atoms with Crippen molar-refractivity contribution in [2.75, 3.05) is 13.1 Å². The molecule has 2 amide bonds. The van der Waals surface area contributed by atoms with Gasteiger partial charge in [-0.3, -0.25) is 9.59 Å². The number of benzene rings is 2. The molecule has 0 spiro atoms. The van der Waals surface area contributed by atoms with Crippen LogP contribution in [0.2, 0.25) is 0 Å². The number of hydrazone groups is 1. The molecule has 1 aliphatic heterocycles. The van der Waals surface area contributed by atoms with Gasteiger partial charge in [-0.05, 0) is 24.0 Å². The van der Waals surface area contributed by atoms with Gasteiger partial charge in [0.05, 0.1) is 12.3 Å². The first kappa shape index (κ1) is 18.8. The van der Waals surface area contributed by atoms with Crippen LogP contribution in [0, 0.1) is 0 Å². The van der Waals surface area contributed by atoms with Crippen LogP contribution >= 0.6 is 0 Å². The van der Waals surface area contributed by atoms with Crippen LogP contribution in [0.25, 0.3) is 0 Å². The second-order valence-electron chi connectivity index (χ2n) is 6.62. The van der Waals surface area contributed by atoms with E-state index in [2.05, 4.69) is 22.6 Å². The highest BCUT2D eigenvalue weighted by atomic mass is 16.2. The van der Waals surface area contributed by atoms with E-state index in [-0.39, 0.29) is 24.7 Å². The maximum Gasteiger partial charge on any atom is 0.243 e. The van der Waals surface area contributed by atoms with Crippen LogP contribution in [-0.2, 0) is 16.0 Å². The molecule has 0 aromatic heterocycles. The summed E-state index contributed by atoms with van der Waals surface area (Å²) in [5, 5.41) is 8.79. The summed E-state index contributed by atoms with van der Waals surface area (Å²) in [5.74, 6) is -0.178. The second kappa shape index (κ2) is 9.67. The summed E-state index contributed by atoms with van der Waals surface area (Å²) in [6.07, 6.45) is 2.97. The molecular formula is C22H25N3O2. The molecule has 27 heavy (non-hydrogen) atoms. The van der Waals surface area contributed by atoms with Crippen LogP contribution in [0.15, 0.2) is 65.8 Å². The number of amides is 2. The molecule has 0 saturated heterocycles. The lowest BCUT2D eigenvalue weighted by atomic mass is 10.1. The average molecular weight is 363 g/mol. The summed E-state index contributed by atoms with van der Waals surface area (Å²) >= 11 is 0. The lowest BCUT2D eigenvalue weighted by Crippen LogP contribution is -2.28. The van der Waals surface area contributed by atoms with Crippen molar-refractivity contribution in [1.82, 2.24) is 10.3 Å². The van der Waals surface area contributed by atoms with Gasteiger partial charge in [-0.15, -0.1) is 0 Å². The van der Waals surface area contributed by atoms with Crippen molar-refractivity contribution in [3.63, 3.8) is 0 Å². The molecule has 0 fully saturated rings. The smallest absolute Gasteiger partial charge is 0.243 e. The topological polar surface area (TPSA) is 61.8 Å². The standard InChI is InChI=1S/C22H25N3O2/c26-21(23-16-7-10-18-8-3-1-4-9-18)13-14-22(27)25-17-15-20(24-25)19-11-5-2-6-12-19/h1-6,8-9,11-12H,7,10,13-17H2,(H,23,26). The van der Waals surface area contributed by atoms with E-state index in [4.69, 9.17) is 0 Å². The monoisotopic (exact) mass is 363 g/mol. The SMILES string of the molecule is O=C(CCC(=O)N1CCC(c2ccccc2)=N1)NCCCc1ccccc1. The number of hydrogen-bond acceptors (Lipinski definition) is 3. The molecule has 2 aromatic rings. The fourth-order valence-corrected chi connectivity index (χ4v) is 3.07. The molecule has 0 saturated carbocycles. The Hall–Kier alpha value is -2.95. The summed E-state index contributed by atoms with van der Waals surface area (Å²) in [7, 11) is 0. The van der Waals surface area contributed by atoms with Crippen molar-refractivity contribution in [3.8, 4) is 0 Å². The van der Waals surface area contributed by atoms with E-state index in [0.29, 0.717) is 13.1 Å². The molecule has 1 N–H and O–H groups in total. The Labute approximate surface area is 160 Å². The molecule has 3 rings (SSSR count). The van der Waals surface area contributed by atoms with Gasteiger partial charge in [0.25, 0.3) is 0 Å². The Morgan fingerprint density at radius 2 is 1.67 bits per heavy atom. The van der Waals surface area contributed by atoms with Crippen LogP contribution in [0.5, 0.6) is 0 Å². The quantitative estimate of drug-likeness (QED) is 0.733. The van der Waals surface area contributed by atoms with Crippen molar-refractivity contribution >= 4 is 17.5 Å². The van der Waals surface area contributed by atoms with Crippen LogP contribution in [0.4, 0.5) is 0 Å². The summed E-state index contributed by atoms with van der Waals surface area (Å²) in [5.41, 5.74) is 3.24. The molecule has 0 atom stereocenters. The van der Waals surface area contributed by atoms with E-state index < -0.39 is 0 Å². The van der Waals surface area contributed by atoms with Crippen molar-refractivity contribution in [3.05, 3.63) is 71.8 Å². The zero-order valence-electron chi connectivity index (χ0n) is 15.4. The minimum absolute atomic E-state index is 0.0807. The van der Waals surface area contributed by atoms with Crippen LogP contribution in [0.3, 0.4) is 0 Å². The second-order valence-corrected chi connectivity index (χ2v) is 6.62. The van der Waals surface area contributed by atoms with Gasteiger partial charge in [-0.2, -0.15) is 5.10 Å². The van der Waals surface area contributed by atoms with Gasteiger partial charge in [-0.1, -0.05) is 60.7 Å². The summed E-state index contributed by atoms with van der Waals surface area (Å²) in [6, 6.07) is 20.1. The highest BCUT2D eigenvalue weighted by Gasteiger charge is 2.21. The van der Waals surface area contributed by atoms with Crippen LogP contribution < -0.4 is 5.32 Å². The lowest BCUT2D eigenvalue weighted by Gasteiger charge is -2.11. The highest BCUT2D eigenvalue weighted by molar-refractivity contribution is 6.02. The third-order valence-corrected chi connectivity index (χ3v) is 4.57. The predicted octanol–water partition coefficient (Wildman–Crippen LogP) is 3.15. The summed E-state index contributed by atoms with van der Waals surface area (Å²) in [4.78, 5) is 24.2. The summed E-state index contributed by atoms with van der Waals surface area (Å²) < 4.78 is 0. The van der Waals surface area contributed by atoms with Gasteiger partial charge >= 0.3 is 0 Å². The number of rotatable bonds is 8. The van der Waals surface area contributed by atoms with Crippen molar-refractivity contribution in [1.29, 1.82) is 0 Å². The number of carbonyl (C=O) groups excluding carboxylic acids is 2. The van der Waals surface area contributed by atoms with Gasteiger partial charge in [-0.25, -0.2) is 5.01 Å². The molecule has 5 heteroatoms. The van der Waals surface area contributed by atoms with Crippen molar-refractivity contribution in [2.24, 2.45) is 5.10 Å². The molecule has 0 unspecified atom stereocenters. The van der Waals surface area contributed by atoms with E-state index in [1.54, 1.807) is 0 Å². The molecule has 5 nitrogen and oxygen atoms in total. The van der Waals surface area contributed by atoms with Crippen molar-refractivity contribution < 1.29 is 9.59 Å². The average Bonchev–Trinajstić information content (AvgIpc) is 3.21. The fourth-order valence-electron chi connectivity index (χ4n) is 3.07. The van der Waals surface area contributed by atoms with Gasteiger partial charge in [0.2, 0.25) is 11.8 Å². The molecule has 0 radical (unpaired) electrons. The van der Waals surface area contributed by atoms with Gasteiger partial charge in [0.15, 0.2) is 0 Å². The maximum atomic E-state index is 12.3. The van der Waals surface area contributed by atoms with Crippen LogP contribution in [-0.4, -0.2) is 35.6 Å². The minimum atomic E-state index is -0.0969. The molecular weight excluding hydrogens is 338 g/mol. The Bertz CT molecular complexity index is 788. The van der Waals surface area contributed by atoms with Gasteiger partial charge < -0.3 is 5.32 Å². The van der Waals surface area contributed by atoms with E-state index in [1.807, 2.05) is 48.5 Å². The minimum Gasteiger partial charge on any atom is -0.356 e. The maximum absolute atomic E-state index is 12.3. The van der Waals surface area contributed by atoms with Gasteiger partial charge in [0, 0.05) is 25.8 Å². The first-order valence-electron chi connectivity index (χ1n) is 9.46. The Kier molecular flexibility index (Phi) is 6.74.